The Bertz CT molecular complexity index is 1560. The maximum absolute atomic E-state index is 13.2. The number of carbonyl (C=O) groups is 2. The van der Waals surface area contributed by atoms with E-state index in [0.717, 1.165) is 53.0 Å². The average Bonchev–Trinajstić information content (AvgIpc) is 3.77. The third-order valence-corrected chi connectivity index (χ3v) is 9.63. The van der Waals surface area contributed by atoms with E-state index in [1.165, 1.54) is 5.56 Å². The molecule has 0 N–H and O–H groups in total. The Balaban J connectivity index is 0.984. The molecule has 2 aliphatic rings. The molecule has 1 aliphatic carbocycles. The number of thioether (sulfide) groups is 1. The molecule has 0 radical (unpaired) electrons. The summed E-state index contributed by atoms with van der Waals surface area (Å²) in [6.45, 7) is 3.90. The van der Waals surface area contributed by atoms with E-state index in [2.05, 4.69) is 33.8 Å². The normalized spacial score (nSPS) is 19.5. The Morgan fingerprint density at radius 2 is 1.64 bits per heavy atom. The number of carbonyl (C=O) groups excluding carboxylic acids is 2. The summed E-state index contributed by atoms with van der Waals surface area (Å²) in [5, 5.41) is 9.87. The van der Waals surface area contributed by atoms with Gasteiger partial charge >= 0.3 is 0 Å². The lowest BCUT2D eigenvalue weighted by Crippen LogP contribution is -2.55. The van der Waals surface area contributed by atoms with Crippen LogP contribution in [0.15, 0.2) is 90.1 Å². The summed E-state index contributed by atoms with van der Waals surface area (Å²) < 4.78 is 7.42. The van der Waals surface area contributed by atoms with Gasteiger partial charge in [0, 0.05) is 55.0 Å². The van der Waals surface area contributed by atoms with E-state index in [4.69, 9.17) is 4.74 Å². The van der Waals surface area contributed by atoms with Crippen LogP contribution in [0.2, 0.25) is 0 Å². The Labute approximate surface area is 263 Å². The van der Waals surface area contributed by atoms with Gasteiger partial charge in [-0.15, -0.1) is 10.2 Å². The highest BCUT2D eigenvalue weighted by Gasteiger charge is 2.47. The number of aromatic nitrogens is 3. The van der Waals surface area contributed by atoms with Crippen molar-refractivity contribution < 1.29 is 14.3 Å². The number of piperazine rings is 1. The van der Waals surface area contributed by atoms with Crippen LogP contribution in [0.4, 0.5) is 0 Å². The van der Waals surface area contributed by atoms with Gasteiger partial charge in [-0.3, -0.25) is 14.2 Å². The fourth-order valence-electron chi connectivity index (χ4n) is 6.06. The van der Waals surface area contributed by atoms with Crippen LogP contribution in [-0.2, 0) is 9.59 Å². The maximum Gasteiger partial charge on any atom is 0.226 e. The quantitative estimate of drug-likeness (QED) is 0.152. The molecule has 3 aromatic carbocycles. The second kappa shape index (κ2) is 13.7. The van der Waals surface area contributed by atoms with Crippen LogP contribution < -0.4 is 4.74 Å². The molecular weight excluding hydrogens is 570 g/mol. The van der Waals surface area contributed by atoms with Gasteiger partial charge in [-0.2, -0.15) is 0 Å². The Morgan fingerprint density at radius 3 is 2.34 bits per heavy atom. The summed E-state index contributed by atoms with van der Waals surface area (Å²) in [7, 11) is 1.66. The first-order chi connectivity index (χ1) is 21.5. The second-order valence-electron chi connectivity index (χ2n) is 11.6. The smallest absolute Gasteiger partial charge is 0.226 e. The topological polar surface area (TPSA) is 80.6 Å². The van der Waals surface area contributed by atoms with Crippen LogP contribution in [0, 0.1) is 5.92 Å². The molecule has 0 spiro atoms. The number of unbranched alkanes of at least 4 members (excludes halogenated alkanes) is 1. The van der Waals surface area contributed by atoms with Gasteiger partial charge in [0.25, 0.3) is 0 Å². The van der Waals surface area contributed by atoms with Crippen molar-refractivity contribution >= 4 is 23.6 Å². The van der Waals surface area contributed by atoms with Gasteiger partial charge in [0.05, 0.1) is 7.11 Å². The fourth-order valence-corrected chi connectivity index (χ4v) is 7.01. The molecule has 1 saturated carbocycles. The van der Waals surface area contributed by atoms with Crippen molar-refractivity contribution in [3.8, 4) is 22.8 Å². The van der Waals surface area contributed by atoms with Crippen molar-refractivity contribution in [2.24, 2.45) is 5.92 Å². The predicted molar refractivity (Wildman–Crippen MR) is 173 cm³/mol. The van der Waals surface area contributed by atoms with Gasteiger partial charge in [0.2, 0.25) is 11.8 Å². The summed E-state index contributed by atoms with van der Waals surface area (Å²) in [6.07, 6.45) is 3.14. The number of amides is 2. The molecule has 2 fully saturated rings. The fraction of sp³-hybridized carbons (Fsp3) is 0.371. The lowest BCUT2D eigenvalue weighted by Gasteiger charge is -2.40. The molecule has 2 amide bonds. The number of hydrogen-bond donors (Lipinski definition) is 0. The summed E-state index contributed by atoms with van der Waals surface area (Å²) in [6, 6.07) is 28.3. The summed E-state index contributed by atoms with van der Waals surface area (Å²) in [5.74, 6) is 3.26. The van der Waals surface area contributed by atoms with Gasteiger partial charge in [0.15, 0.2) is 11.0 Å². The van der Waals surface area contributed by atoms with Gasteiger partial charge in [0.1, 0.15) is 5.75 Å². The van der Waals surface area contributed by atoms with Gasteiger partial charge < -0.3 is 14.5 Å². The van der Waals surface area contributed by atoms with Crippen LogP contribution >= 0.6 is 11.8 Å². The third kappa shape index (κ3) is 6.68. The molecule has 9 heteroatoms. The van der Waals surface area contributed by atoms with E-state index < -0.39 is 0 Å². The highest BCUT2D eigenvalue weighted by molar-refractivity contribution is 7.99. The molecular formula is C35H39N5O3S. The molecule has 3 unspecified atom stereocenters. The van der Waals surface area contributed by atoms with Crippen LogP contribution in [0.1, 0.15) is 44.1 Å². The summed E-state index contributed by atoms with van der Waals surface area (Å²) >= 11 is 1.65. The molecule has 4 aromatic rings. The molecule has 6 rings (SSSR count). The Morgan fingerprint density at radius 1 is 0.909 bits per heavy atom. The van der Waals surface area contributed by atoms with E-state index in [1.54, 1.807) is 18.9 Å². The number of ether oxygens (including phenoxy) is 1. The third-order valence-electron chi connectivity index (χ3n) is 8.61. The number of rotatable bonds is 11. The molecule has 44 heavy (non-hydrogen) atoms. The standard InChI is InChI=1S/C35H39N5O3S/c1-25-24-38(20-21-39(25)34(42)31-23-30(31)26-11-5-3-6-12-26)32(41)15-9-10-22-44-35-37-36-33(27-13-7-4-8-14-27)40(35)28-16-18-29(43-2)19-17-28/h3-8,11-14,16-19,25,30-31H,9-10,15,20-24H2,1-2H3. The minimum Gasteiger partial charge on any atom is -0.497 e. The first kappa shape index (κ1) is 29.9. The minimum absolute atomic E-state index is 0.0379. The van der Waals surface area contributed by atoms with E-state index in [0.29, 0.717) is 32.0 Å². The van der Waals surface area contributed by atoms with Crippen molar-refractivity contribution in [1.82, 2.24) is 24.6 Å². The first-order valence-corrected chi connectivity index (χ1v) is 16.4. The maximum atomic E-state index is 13.2. The number of benzene rings is 3. The molecule has 8 nitrogen and oxygen atoms in total. The highest BCUT2D eigenvalue weighted by atomic mass is 32.2. The zero-order valence-corrected chi connectivity index (χ0v) is 26.2. The molecule has 1 saturated heterocycles. The van der Waals surface area contributed by atoms with Crippen LogP contribution in [-0.4, -0.2) is 74.9 Å². The van der Waals surface area contributed by atoms with Gasteiger partial charge in [-0.05, 0) is 61.9 Å². The van der Waals surface area contributed by atoms with E-state index in [9.17, 15) is 9.59 Å². The zero-order chi connectivity index (χ0) is 30.5. The largest absolute Gasteiger partial charge is 0.497 e. The van der Waals surface area contributed by atoms with Crippen LogP contribution in [0.5, 0.6) is 5.75 Å². The molecule has 1 aliphatic heterocycles. The monoisotopic (exact) mass is 609 g/mol. The van der Waals surface area contributed by atoms with Crippen molar-refractivity contribution in [3.63, 3.8) is 0 Å². The SMILES string of the molecule is COc1ccc(-n2c(SCCCCC(=O)N3CCN(C(=O)C4CC4c4ccccc4)C(C)C3)nnc2-c2ccccc2)cc1. The van der Waals surface area contributed by atoms with Gasteiger partial charge in [-0.25, -0.2) is 0 Å². The van der Waals surface area contributed by atoms with Crippen molar-refractivity contribution in [2.75, 3.05) is 32.5 Å². The lowest BCUT2D eigenvalue weighted by molar-refractivity contribution is -0.143. The highest BCUT2D eigenvalue weighted by Crippen LogP contribution is 2.48. The summed E-state index contributed by atoms with van der Waals surface area (Å²) in [5.41, 5.74) is 3.22. The first-order valence-electron chi connectivity index (χ1n) is 15.4. The van der Waals surface area contributed by atoms with E-state index in [1.807, 2.05) is 82.6 Å². The molecule has 2 heterocycles. The number of nitrogens with zero attached hydrogens (tertiary/aromatic N) is 5. The second-order valence-corrected chi connectivity index (χ2v) is 12.7. The minimum atomic E-state index is 0.0379. The molecule has 0 bridgehead atoms. The zero-order valence-electron chi connectivity index (χ0n) is 25.3. The molecule has 228 valence electrons. The lowest BCUT2D eigenvalue weighted by atomic mass is 10.1. The molecule has 3 atom stereocenters. The summed E-state index contributed by atoms with van der Waals surface area (Å²) in [4.78, 5) is 30.2. The van der Waals surface area contributed by atoms with Crippen molar-refractivity contribution in [2.45, 2.75) is 49.7 Å². The van der Waals surface area contributed by atoms with Crippen LogP contribution in [0.3, 0.4) is 0 Å². The number of hydrogen-bond acceptors (Lipinski definition) is 6. The van der Waals surface area contributed by atoms with Crippen LogP contribution in [0.25, 0.3) is 17.1 Å². The van der Waals surface area contributed by atoms with Crippen molar-refractivity contribution in [3.05, 3.63) is 90.5 Å². The number of methoxy groups -OCH3 is 1. The van der Waals surface area contributed by atoms with Crippen molar-refractivity contribution in [1.29, 1.82) is 0 Å². The van der Waals surface area contributed by atoms with E-state index in [-0.39, 0.29) is 23.8 Å². The molecule has 1 aromatic heterocycles. The predicted octanol–water partition coefficient (Wildman–Crippen LogP) is 6.07. The average molecular weight is 610 g/mol. The van der Waals surface area contributed by atoms with E-state index >= 15 is 0 Å². The Kier molecular flexibility index (Phi) is 9.31. The van der Waals surface area contributed by atoms with Gasteiger partial charge in [-0.1, -0.05) is 72.4 Å². The Hall–Kier alpha value is -4.11.